The fourth-order valence-electron chi connectivity index (χ4n) is 3.02. The van der Waals surface area contributed by atoms with Crippen molar-refractivity contribution >= 4 is 23.5 Å². The van der Waals surface area contributed by atoms with Crippen LogP contribution >= 0.6 is 0 Å². The standard InChI is InChI=1S/C18H20N4O4/c1-21-11-9-19-16(21)15(23)12-5-7-13(8-6-12)20-17(24)14-4-3-10-22(14)18(25)26-2/h5-9,11,14H,3-4,10H2,1-2H3,(H,20,24). The number of nitrogens with zero attached hydrogens (tertiary/aromatic N) is 3. The van der Waals surface area contributed by atoms with Gasteiger partial charge in [-0.05, 0) is 37.1 Å². The van der Waals surface area contributed by atoms with Crippen molar-refractivity contribution in [3.63, 3.8) is 0 Å². The summed E-state index contributed by atoms with van der Waals surface area (Å²) in [5.74, 6) is -0.111. The molecular formula is C18H20N4O4. The van der Waals surface area contributed by atoms with E-state index in [0.29, 0.717) is 30.0 Å². The Morgan fingerprint density at radius 3 is 2.58 bits per heavy atom. The molecule has 1 aliphatic rings. The normalized spacial score (nSPS) is 16.4. The number of carbonyl (C=O) groups is 3. The lowest BCUT2D eigenvalue weighted by Gasteiger charge is -2.22. The molecule has 0 saturated carbocycles. The number of benzene rings is 1. The molecule has 2 amide bonds. The summed E-state index contributed by atoms with van der Waals surface area (Å²) in [5.41, 5.74) is 1.04. The lowest BCUT2D eigenvalue weighted by Crippen LogP contribution is -2.43. The maximum Gasteiger partial charge on any atom is 0.410 e. The predicted octanol–water partition coefficient (Wildman–Crippen LogP) is 1.82. The number of ether oxygens (including phenoxy) is 1. The molecule has 2 heterocycles. The molecule has 1 aromatic heterocycles. The first-order valence-corrected chi connectivity index (χ1v) is 8.29. The molecule has 0 spiro atoms. The molecule has 1 aromatic carbocycles. The second-order valence-electron chi connectivity index (χ2n) is 6.08. The first kappa shape index (κ1) is 17.7. The summed E-state index contributed by atoms with van der Waals surface area (Å²) in [6.45, 7) is 0.502. The zero-order valence-corrected chi connectivity index (χ0v) is 14.6. The van der Waals surface area contributed by atoms with Crippen molar-refractivity contribution in [2.45, 2.75) is 18.9 Å². The van der Waals surface area contributed by atoms with Crippen LogP contribution in [0.3, 0.4) is 0 Å². The molecule has 1 N–H and O–H groups in total. The summed E-state index contributed by atoms with van der Waals surface area (Å²) >= 11 is 0. The van der Waals surface area contributed by atoms with Crippen LogP contribution in [0.15, 0.2) is 36.7 Å². The van der Waals surface area contributed by atoms with Crippen LogP contribution in [0, 0.1) is 0 Å². The Balaban J connectivity index is 1.68. The van der Waals surface area contributed by atoms with E-state index >= 15 is 0 Å². The van der Waals surface area contributed by atoms with Crippen LogP contribution in [0.25, 0.3) is 0 Å². The third-order valence-electron chi connectivity index (χ3n) is 4.40. The van der Waals surface area contributed by atoms with Crippen molar-refractivity contribution < 1.29 is 19.1 Å². The van der Waals surface area contributed by atoms with Gasteiger partial charge in [0.25, 0.3) is 0 Å². The Hall–Kier alpha value is -3.16. The van der Waals surface area contributed by atoms with Crippen LogP contribution < -0.4 is 5.32 Å². The van der Waals surface area contributed by atoms with Crippen molar-refractivity contribution in [1.82, 2.24) is 14.5 Å². The third kappa shape index (κ3) is 3.44. The molecule has 136 valence electrons. The molecule has 8 nitrogen and oxygen atoms in total. The first-order chi connectivity index (χ1) is 12.5. The molecule has 0 bridgehead atoms. The Morgan fingerprint density at radius 1 is 1.23 bits per heavy atom. The van der Waals surface area contributed by atoms with E-state index in [-0.39, 0.29) is 11.7 Å². The van der Waals surface area contributed by atoms with Gasteiger partial charge in [0, 0.05) is 37.2 Å². The average Bonchev–Trinajstić information content (AvgIpc) is 3.30. The number of likely N-dealkylation sites (tertiary alicyclic amines) is 1. The van der Waals surface area contributed by atoms with Crippen LogP contribution in [0.1, 0.15) is 29.0 Å². The summed E-state index contributed by atoms with van der Waals surface area (Å²) in [6, 6.07) is 6.05. The van der Waals surface area contributed by atoms with Crippen LogP contribution in [0.2, 0.25) is 0 Å². The number of carbonyl (C=O) groups excluding carboxylic acids is 3. The molecule has 26 heavy (non-hydrogen) atoms. The zero-order valence-electron chi connectivity index (χ0n) is 14.6. The second-order valence-corrected chi connectivity index (χ2v) is 6.08. The number of aryl methyl sites for hydroxylation is 1. The molecule has 1 aliphatic heterocycles. The highest BCUT2D eigenvalue weighted by atomic mass is 16.5. The van der Waals surface area contributed by atoms with E-state index in [9.17, 15) is 14.4 Å². The highest BCUT2D eigenvalue weighted by Crippen LogP contribution is 2.20. The number of aromatic nitrogens is 2. The SMILES string of the molecule is COC(=O)N1CCCC1C(=O)Nc1ccc(C(=O)c2nccn2C)cc1. The van der Waals surface area contributed by atoms with Crippen molar-refractivity contribution in [2.75, 3.05) is 19.0 Å². The number of amides is 2. The van der Waals surface area contributed by atoms with E-state index in [1.165, 1.54) is 12.0 Å². The van der Waals surface area contributed by atoms with Crippen molar-refractivity contribution in [3.8, 4) is 0 Å². The van der Waals surface area contributed by atoms with Crippen molar-refractivity contribution in [1.29, 1.82) is 0 Å². The quantitative estimate of drug-likeness (QED) is 0.844. The van der Waals surface area contributed by atoms with Crippen LogP contribution in [-0.2, 0) is 16.6 Å². The molecule has 0 aliphatic carbocycles. The molecular weight excluding hydrogens is 336 g/mol. The lowest BCUT2D eigenvalue weighted by molar-refractivity contribution is -0.119. The van der Waals surface area contributed by atoms with E-state index in [1.54, 1.807) is 48.3 Å². The van der Waals surface area contributed by atoms with Gasteiger partial charge >= 0.3 is 6.09 Å². The summed E-state index contributed by atoms with van der Waals surface area (Å²) in [5, 5.41) is 2.78. The van der Waals surface area contributed by atoms with Gasteiger partial charge in [0.05, 0.1) is 7.11 Å². The molecule has 1 fully saturated rings. The van der Waals surface area contributed by atoms with Gasteiger partial charge < -0.3 is 14.6 Å². The van der Waals surface area contributed by atoms with Crippen molar-refractivity contribution in [3.05, 3.63) is 48.0 Å². The van der Waals surface area contributed by atoms with Gasteiger partial charge in [-0.1, -0.05) is 0 Å². The number of hydrogen-bond acceptors (Lipinski definition) is 5. The van der Waals surface area contributed by atoms with Gasteiger partial charge in [0.2, 0.25) is 11.7 Å². The molecule has 0 radical (unpaired) electrons. The number of rotatable bonds is 4. The monoisotopic (exact) mass is 356 g/mol. The minimum absolute atomic E-state index is 0.192. The fraction of sp³-hybridized carbons (Fsp3) is 0.333. The number of ketones is 1. The van der Waals surface area contributed by atoms with Gasteiger partial charge in [-0.3, -0.25) is 14.5 Å². The van der Waals surface area contributed by atoms with Gasteiger partial charge in [0.1, 0.15) is 6.04 Å². The van der Waals surface area contributed by atoms with E-state index < -0.39 is 12.1 Å². The topological polar surface area (TPSA) is 93.5 Å². The number of nitrogens with one attached hydrogen (secondary N) is 1. The zero-order chi connectivity index (χ0) is 18.7. The largest absolute Gasteiger partial charge is 0.453 e. The molecule has 2 aromatic rings. The summed E-state index contributed by atoms with van der Waals surface area (Å²) < 4.78 is 6.37. The summed E-state index contributed by atoms with van der Waals surface area (Å²) in [4.78, 5) is 42.0. The highest BCUT2D eigenvalue weighted by Gasteiger charge is 2.34. The van der Waals surface area contributed by atoms with Gasteiger partial charge in [-0.25, -0.2) is 9.78 Å². The molecule has 1 unspecified atom stereocenters. The minimum Gasteiger partial charge on any atom is -0.453 e. The Kier molecular flexibility index (Phi) is 5.01. The average molecular weight is 356 g/mol. The number of imidazole rings is 1. The number of hydrogen-bond donors (Lipinski definition) is 1. The maximum absolute atomic E-state index is 12.5. The van der Waals surface area contributed by atoms with Crippen molar-refractivity contribution in [2.24, 2.45) is 7.05 Å². The highest BCUT2D eigenvalue weighted by molar-refractivity contribution is 6.07. The van der Waals surface area contributed by atoms with Crippen LogP contribution in [0.5, 0.6) is 0 Å². The van der Waals surface area contributed by atoms with Gasteiger partial charge in [0.15, 0.2) is 5.82 Å². The number of methoxy groups -OCH3 is 1. The maximum atomic E-state index is 12.5. The Labute approximate surface area is 150 Å². The predicted molar refractivity (Wildman–Crippen MR) is 93.8 cm³/mol. The van der Waals surface area contributed by atoms with Gasteiger partial charge in [-0.2, -0.15) is 0 Å². The lowest BCUT2D eigenvalue weighted by atomic mass is 10.1. The first-order valence-electron chi connectivity index (χ1n) is 8.29. The molecule has 1 atom stereocenters. The van der Waals surface area contributed by atoms with E-state index in [0.717, 1.165) is 6.42 Å². The van der Waals surface area contributed by atoms with E-state index in [2.05, 4.69) is 10.3 Å². The van der Waals surface area contributed by atoms with Gasteiger partial charge in [-0.15, -0.1) is 0 Å². The molecule has 1 saturated heterocycles. The summed E-state index contributed by atoms with van der Waals surface area (Å²) in [7, 11) is 3.05. The second kappa shape index (κ2) is 7.38. The third-order valence-corrected chi connectivity index (χ3v) is 4.40. The Bertz CT molecular complexity index is 828. The molecule has 8 heteroatoms. The summed E-state index contributed by atoms with van der Waals surface area (Å²) in [6.07, 6.45) is 4.12. The van der Waals surface area contributed by atoms with E-state index in [4.69, 9.17) is 4.74 Å². The van der Waals surface area contributed by atoms with Crippen LogP contribution in [-0.4, -0.2) is 51.9 Å². The van der Waals surface area contributed by atoms with E-state index in [1.807, 2.05) is 0 Å². The minimum atomic E-state index is -0.545. The smallest absolute Gasteiger partial charge is 0.410 e. The fourth-order valence-corrected chi connectivity index (χ4v) is 3.02. The number of anilines is 1. The molecule has 3 rings (SSSR count). The Morgan fingerprint density at radius 2 is 1.96 bits per heavy atom. The van der Waals surface area contributed by atoms with Crippen LogP contribution in [0.4, 0.5) is 10.5 Å².